The molecule has 2 unspecified atom stereocenters. The van der Waals surface area contributed by atoms with E-state index in [9.17, 15) is 18.0 Å². The highest BCUT2D eigenvalue weighted by Gasteiger charge is 2.43. The summed E-state index contributed by atoms with van der Waals surface area (Å²) in [4.78, 5) is 30.6. The molecule has 39 heavy (non-hydrogen) atoms. The van der Waals surface area contributed by atoms with Gasteiger partial charge in [0.15, 0.2) is 0 Å². The van der Waals surface area contributed by atoms with Gasteiger partial charge in [-0.15, -0.1) is 4.83 Å². The molecule has 0 fully saturated rings. The van der Waals surface area contributed by atoms with Crippen LogP contribution in [0.25, 0.3) is 10.9 Å². The number of hydrazine groups is 1. The van der Waals surface area contributed by atoms with Crippen LogP contribution >= 0.6 is 0 Å². The van der Waals surface area contributed by atoms with E-state index in [1.54, 1.807) is 31.2 Å². The summed E-state index contributed by atoms with van der Waals surface area (Å²) in [6, 6.07) is 20.3. The van der Waals surface area contributed by atoms with Gasteiger partial charge in [-0.2, -0.15) is 0 Å². The molecular formula is C30H32N4O4S. The Morgan fingerprint density at radius 2 is 1.56 bits per heavy atom. The van der Waals surface area contributed by atoms with E-state index in [0.717, 1.165) is 27.6 Å². The van der Waals surface area contributed by atoms with Gasteiger partial charge in [-0.1, -0.05) is 69.3 Å². The highest BCUT2D eigenvalue weighted by molar-refractivity contribution is 7.89. The Labute approximate surface area is 228 Å². The molecule has 0 saturated heterocycles. The van der Waals surface area contributed by atoms with Crippen LogP contribution in [0.2, 0.25) is 0 Å². The number of para-hydroxylation sites is 1. The minimum atomic E-state index is -4.02. The van der Waals surface area contributed by atoms with E-state index in [0.29, 0.717) is 5.56 Å². The standard InChI is InChI=1S/C30H32N4O4S/c1-19(28(35)31-32-39(37,38)21-16-14-20(15-17-21)30(2,3)4)34-27(23-11-6-7-12-24(23)29(34)36)25-18-33(5)26-13-9-8-10-22(25)26/h6-19,27,32H,1-5H3,(H,31,35). The number of benzene rings is 3. The third-order valence-electron chi connectivity index (χ3n) is 7.36. The highest BCUT2D eigenvalue weighted by atomic mass is 32.2. The maximum atomic E-state index is 13.6. The zero-order valence-corrected chi connectivity index (χ0v) is 23.4. The minimum absolute atomic E-state index is 0.0294. The number of nitrogens with one attached hydrogen (secondary N) is 2. The molecule has 0 radical (unpaired) electrons. The van der Waals surface area contributed by atoms with Crippen molar-refractivity contribution in [1.29, 1.82) is 0 Å². The van der Waals surface area contributed by atoms with Crippen LogP contribution in [-0.4, -0.2) is 35.7 Å². The third kappa shape index (κ3) is 4.72. The van der Waals surface area contributed by atoms with Gasteiger partial charge < -0.3 is 9.47 Å². The van der Waals surface area contributed by atoms with Gasteiger partial charge in [-0.3, -0.25) is 15.0 Å². The first-order valence-electron chi connectivity index (χ1n) is 12.8. The molecule has 4 aromatic rings. The number of hydrogen-bond acceptors (Lipinski definition) is 4. The number of hydrogen-bond donors (Lipinski definition) is 2. The SMILES string of the molecule is CC(C(=O)NNS(=O)(=O)c1ccc(C(C)(C)C)cc1)N1C(=O)c2ccccc2C1c1cn(C)c2ccccc12. The molecule has 2 N–H and O–H groups in total. The van der Waals surface area contributed by atoms with Gasteiger partial charge in [0.25, 0.3) is 21.8 Å². The number of amides is 2. The topological polar surface area (TPSA) is 101 Å². The van der Waals surface area contributed by atoms with Gasteiger partial charge in [-0.25, -0.2) is 8.42 Å². The molecule has 0 saturated carbocycles. The molecule has 0 aliphatic carbocycles. The monoisotopic (exact) mass is 544 g/mol. The molecule has 1 aliphatic rings. The number of carbonyl (C=O) groups is 2. The number of nitrogens with zero attached hydrogens (tertiary/aromatic N) is 2. The van der Waals surface area contributed by atoms with Gasteiger partial charge in [0.05, 0.1) is 10.9 Å². The van der Waals surface area contributed by atoms with Gasteiger partial charge in [0.2, 0.25) is 0 Å². The quantitative estimate of drug-likeness (QED) is 0.351. The van der Waals surface area contributed by atoms with E-state index in [1.165, 1.54) is 17.0 Å². The highest BCUT2D eigenvalue weighted by Crippen LogP contribution is 2.42. The minimum Gasteiger partial charge on any atom is -0.350 e. The zero-order chi connectivity index (χ0) is 28.1. The summed E-state index contributed by atoms with van der Waals surface area (Å²) in [6.45, 7) is 7.73. The predicted octanol–water partition coefficient (Wildman–Crippen LogP) is 4.42. The summed E-state index contributed by atoms with van der Waals surface area (Å²) in [6.07, 6.45) is 1.98. The number of fused-ring (bicyclic) bond motifs is 2. The zero-order valence-electron chi connectivity index (χ0n) is 22.6. The molecule has 5 rings (SSSR count). The van der Waals surface area contributed by atoms with E-state index < -0.39 is 28.0 Å². The number of carbonyl (C=O) groups excluding carboxylic acids is 2. The van der Waals surface area contributed by atoms with Crippen LogP contribution in [0.1, 0.15) is 60.8 Å². The normalized spacial score (nSPS) is 16.4. The Bertz CT molecular complexity index is 1680. The van der Waals surface area contributed by atoms with Crippen LogP contribution in [0.15, 0.2) is 83.9 Å². The number of rotatable bonds is 6. The van der Waals surface area contributed by atoms with Crippen molar-refractivity contribution in [1.82, 2.24) is 19.7 Å². The van der Waals surface area contributed by atoms with Crippen molar-refractivity contribution in [3.05, 3.63) is 101 Å². The summed E-state index contributed by atoms with van der Waals surface area (Å²) in [5.74, 6) is -0.928. The van der Waals surface area contributed by atoms with Crippen LogP contribution in [0.3, 0.4) is 0 Å². The first kappa shape index (κ1) is 26.6. The van der Waals surface area contributed by atoms with Gasteiger partial charge >= 0.3 is 0 Å². The number of sulfonamides is 1. The van der Waals surface area contributed by atoms with Gasteiger partial charge in [-0.05, 0) is 47.7 Å². The van der Waals surface area contributed by atoms with Crippen molar-refractivity contribution >= 4 is 32.7 Å². The smallest absolute Gasteiger partial charge is 0.257 e. The average molecular weight is 545 g/mol. The molecule has 2 amide bonds. The lowest BCUT2D eigenvalue weighted by molar-refractivity contribution is -0.126. The molecule has 0 spiro atoms. The summed E-state index contributed by atoms with van der Waals surface area (Å²) >= 11 is 0. The van der Waals surface area contributed by atoms with Crippen LogP contribution < -0.4 is 10.3 Å². The van der Waals surface area contributed by atoms with Crippen molar-refractivity contribution in [2.75, 3.05) is 0 Å². The molecule has 1 aliphatic heterocycles. The maximum Gasteiger partial charge on any atom is 0.257 e. The fourth-order valence-corrected chi connectivity index (χ4v) is 6.03. The van der Waals surface area contributed by atoms with Gasteiger partial charge in [0, 0.05) is 35.3 Å². The van der Waals surface area contributed by atoms with Crippen LogP contribution in [0.5, 0.6) is 0 Å². The second-order valence-electron chi connectivity index (χ2n) is 11.0. The predicted molar refractivity (Wildman–Crippen MR) is 150 cm³/mol. The van der Waals surface area contributed by atoms with Crippen molar-refractivity contribution in [2.24, 2.45) is 7.05 Å². The van der Waals surface area contributed by atoms with Crippen LogP contribution in [-0.2, 0) is 27.3 Å². The van der Waals surface area contributed by atoms with E-state index in [2.05, 4.69) is 10.3 Å². The summed E-state index contributed by atoms with van der Waals surface area (Å²) in [5.41, 5.74) is 6.42. The molecule has 1 aromatic heterocycles. The summed E-state index contributed by atoms with van der Waals surface area (Å²) in [5, 5.41) is 0.978. The third-order valence-corrected chi connectivity index (χ3v) is 8.62. The van der Waals surface area contributed by atoms with Crippen LogP contribution in [0.4, 0.5) is 0 Å². The first-order chi connectivity index (χ1) is 18.4. The lowest BCUT2D eigenvalue weighted by Crippen LogP contribution is -2.52. The Hall–Kier alpha value is -3.95. The van der Waals surface area contributed by atoms with E-state index >= 15 is 0 Å². The Balaban J connectivity index is 1.42. The second kappa shape index (κ2) is 9.66. The first-order valence-corrected chi connectivity index (χ1v) is 14.3. The lowest BCUT2D eigenvalue weighted by Gasteiger charge is -2.30. The lowest BCUT2D eigenvalue weighted by atomic mass is 9.87. The van der Waals surface area contributed by atoms with E-state index in [4.69, 9.17) is 0 Å². The summed E-state index contributed by atoms with van der Waals surface area (Å²) < 4.78 is 27.8. The van der Waals surface area contributed by atoms with E-state index in [-0.39, 0.29) is 16.2 Å². The van der Waals surface area contributed by atoms with Gasteiger partial charge in [0.1, 0.15) is 6.04 Å². The Morgan fingerprint density at radius 1 is 0.923 bits per heavy atom. The molecule has 2 atom stereocenters. The number of aromatic nitrogens is 1. The van der Waals surface area contributed by atoms with Crippen LogP contribution in [0, 0.1) is 0 Å². The molecule has 3 aromatic carbocycles. The molecule has 2 heterocycles. The van der Waals surface area contributed by atoms with Crippen molar-refractivity contribution < 1.29 is 18.0 Å². The summed E-state index contributed by atoms with van der Waals surface area (Å²) in [7, 11) is -2.08. The number of aryl methyl sites for hydroxylation is 1. The molecular weight excluding hydrogens is 512 g/mol. The fraction of sp³-hybridized carbons (Fsp3) is 0.267. The Morgan fingerprint density at radius 3 is 2.26 bits per heavy atom. The van der Waals surface area contributed by atoms with Crippen molar-refractivity contribution in [3.8, 4) is 0 Å². The second-order valence-corrected chi connectivity index (χ2v) is 12.6. The fourth-order valence-electron chi connectivity index (χ4n) is 5.19. The molecule has 202 valence electrons. The maximum absolute atomic E-state index is 13.6. The average Bonchev–Trinajstić information content (AvgIpc) is 3.40. The van der Waals surface area contributed by atoms with Crippen molar-refractivity contribution in [3.63, 3.8) is 0 Å². The largest absolute Gasteiger partial charge is 0.350 e. The van der Waals surface area contributed by atoms with Crippen molar-refractivity contribution in [2.45, 2.75) is 50.1 Å². The molecule has 8 nitrogen and oxygen atoms in total. The molecule has 9 heteroatoms. The molecule has 0 bridgehead atoms. The Kier molecular flexibility index (Phi) is 6.60. The van der Waals surface area contributed by atoms with E-state index in [1.807, 2.05) is 75.0 Å².